The summed E-state index contributed by atoms with van der Waals surface area (Å²) in [5.74, 6) is 0. The number of hydrogen-bond donors (Lipinski definition) is 3. The lowest BCUT2D eigenvalue weighted by molar-refractivity contribution is 0.112. The van der Waals surface area contributed by atoms with Crippen LogP contribution in [0.15, 0.2) is 70.5 Å². The predicted octanol–water partition coefficient (Wildman–Crippen LogP) is 4.50. The molecule has 0 saturated heterocycles. The van der Waals surface area contributed by atoms with Gasteiger partial charge >= 0.3 is 0 Å². The molecule has 0 fully saturated rings. The van der Waals surface area contributed by atoms with Crippen molar-refractivity contribution in [2.75, 3.05) is 5.73 Å². The van der Waals surface area contributed by atoms with E-state index in [1.54, 1.807) is 12.1 Å². The highest BCUT2D eigenvalue weighted by Gasteiger charge is 1.99. The molecule has 0 unspecified atom stereocenters. The zero-order chi connectivity index (χ0) is 15.2. The Morgan fingerprint density at radius 2 is 1.62 bits per heavy atom. The van der Waals surface area contributed by atoms with Crippen LogP contribution < -0.4 is 5.73 Å². The van der Waals surface area contributed by atoms with Gasteiger partial charge in [-0.25, -0.2) is 0 Å². The van der Waals surface area contributed by atoms with Gasteiger partial charge in [0.1, 0.15) is 6.29 Å². The van der Waals surface area contributed by atoms with Crippen LogP contribution in [0.25, 0.3) is 10.8 Å². The molecular weight excluding hydrogens is 298 g/mol. The van der Waals surface area contributed by atoms with E-state index in [1.165, 1.54) is 0 Å². The molecule has 21 heavy (non-hydrogen) atoms. The van der Waals surface area contributed by atoms with E-state index in [0.29, 0.717) is 0 Å². The fraction of sp³-hybridized carbons (Fsp3) is 0. The van der Waals surface area contributed by atoms with Crippen molar-refractivity contribution in [2.45, 2.75) is 9.79 Å². The summed E-state index contributed by atoms with van der Waals surface area (Å²) < 4.78 is 0. The fourth-order valence-electron chi connectivity index (χ4n) is 1.88. The first-order valence-corrected chi connectivity index (χ1v) is 7.21. The van der Waals surface area contributed by atoms with Crippen molar-refractivity contribution in [2.24, 2.45) is 0 Å². The molecule has 0 aromatic heterocycles. The van der Waals surface area contributed by atoms with Crippen molar-refractivity contribution >= 4 is 48.0 Å². The molecular formula is C17H15NOS2. The van der Waals surface area contributed by atoms with Gasteiger partial charge in [-0.05, 0) is 35.0 Å². The summed E-state index contributed by atoms with van der Waals surface area (Å²) in [6, 6.07) is 18.8. The van der Waals surface area contributed by atoms with E-state index < -0.39 is 0 Å². The summed E-state index contributed by atoms with van der Waals surface area (Å²) in [5.41, 5.74) is 7.17. The van der Waals surface area contributed by atoms with Crippen LogP contribution in [-0.2, 0) is 0 Å². The zero-order valence-corrected chi connectivity index (χ0v) is 13.0. The Labute approximate surface area is 134 Å². The molecule has 3 rings (SSSR count). The molecule has 4 heteroatoms. The van der Waals surface area contributed by atoms with Crippen molar-refractivity contribution in [1.82, 2.24) is 0 Å². The van der Waals surface area contributed by atoms with Crippen molar-refractivity contribution in [3.8, 4) is 0 Å². The number of nitrogen functional groups attached to an aromatic ring is 1. The van der Waals surface area contributed by atoms with E-state index in [9.17, 15) is 4.79 Å². The van der Waals surface area contributed by atoms with Gasteiger partial charge in [-0.1, -0.05) is 36.4 Å². The summed E-state index contributed by atoms with van der Waals surface area (Å²) in [7, 11) is 0. The highest BCUT2D eigenvalue weighted by molar-refractivity contribution is 7.81. The molecule has 106 valence electrons. The molecule has 0 spiro atoms. The third-order valence-corrected chi connectivity index (χ3v) is 3.50. The first kappa shape index (κ1) is 15.5. The van der Waals surface area contributed by atoms with Crippen LogP contribution >= 0.6 is 25.3 Å². The highest BCUT2D eigenvalue weighted by atomic mass is 32.1. The van der Waals surface area contributed by atoms with E-state index in [-0.39, 0.29) is 0 Å². The number of fused-ring (bicyclic) bond motifs is 1. The normalized spacial score (nSPS) is 9.81. The third kappa shape index (κ3) is 4.28. The molecule has 0 atom stereocenters. The fourth-order valence-corrected chi connectivity index (χ4v) is 2.60. The molecule has 0 heterocycles. The molecule has 2 nitrogen and oxygen atoms in total. The number of anilines is 1. The number of hydrogen-bond acceptors (Lipinski definition) is 4. The molecule has 3 aromatic rings. The second-order valence-corrected chi connectivity index (χ2v) is 5.47. The van der Waals surface area contributed by atoms with Gasteiger partial charge in [0.15, 0.2) is 0 Å². The Balaban J connectivity index is 0.000000173. The predicted molar refractivity (Wildman–Crippen MR) is 94.7 cm³/mol. The van der Waals surface area contributed by atoms with Gasteiger partial charge in [-0.15, -0.1) is 25.3 Å². The second-order valence-electron chi connectivity index (χ2n) is 4.47. The molecule has 0 saturated carbocycles. The Bertz CT molecular complexity index is 752. The molecule has 0 aliphatic heterocycles. The van der Waals surface area contributed by atoms with Crippen LogP contribution in [0.5, 0.6) is 0 Å². The SMILES string of the molecule is Nc1ccc2c(S)cc(S)cc2c1.O=Cc1ccccc1. The lowest BCUT2D eigenvalue weighted by atomic mass is 10.1. The molecule has 0 radical (unpaired) electrons. The van der Waals surface area contributed by atoms with Gasteiger partial charge in [0.25, 0.3) is 0 Å². The second kappa shape index (κ2) is 7.20. The number of carbonyl (C=O) groups is 1. The highest BCUT2D eigenvalue weighted by Crippen LogP contribution is 2.27. The average Bonchev–Trinajstić information content (AvgIpc) is 2.48. The monoisotopic (exact) mass is 313 g/mol. The standard InChI is InChI=1S/C10H9NS2.C7H6O/c11-7-1-2-9-6(3-7)4-8(12)5-10(9)13;8-6-7-4-2-1-3-5-7/h1-5,12-13H,11H2;1-6H. The quantitative estimate of drug-likeness (QED) is 0.352. The van der Waals surface area contributed by atoms with E-state index in [0.717, 1.165) is 38.1 Å². The van der Waals surface area contributed by atoms with Crippen LogP contribution in [0.1, 0.15) is 10.4 Å². The van der Waals surface area contributed by atoms with Crippen molar-refractivity contribution < 1.29 is 4.79 Å². The van der Waals surface area contributed by atoms with Gasteiger partial charge < -0.3 is 5.73 Å². The maximum Gasteiger partial charge on any atom is 0.150 e. The third-order valence-electron chi connectivity index (χ3n) is 2.88. The van der Waals surface area contributed by atoms with Crippen LogP contribution in [0.2, 0.25) is 0 Å². The minimum Gasteiger partial charge on any atom is -0.399 e. The molecule has 0 bridgehead atoms. The van der Waals surface area contributed by atoms with Gasteiger partial charge in [-0.2, -0.15) is 0 Å². The average molecular weight is 313 g/mol. The minimum absolute atomic E-state index is 0.729. The minimum atomic E-state index is 0.729. The number of rotatable bonds is 1. The van der Waals surface area contributed by atoms with Gasteiger partial charge in [0.05, 0.1) is 0 Å². The van der Waals surface area contributed by atoms with Gasteiger partial charge in [0, 0.05) is 21.0 Å². The largest absolute Gasteiger partial charge is 0.399 e. The van der Waals surface area contributed by atoms with E-state index >= 15 is 0 Å². The summed E-state index contributed by atoms with van der Waals surface area (Å²) >= 11 is 8.64. The topological polar surface area (TPSA) is 43.1 Å². The lowest BCUT2D eigenvalue weighted by Crippen LogP contribution is -1.84. The Kier molecular flexibility index (Phi) is 5.31. The van der Waals surface area contributed by atoms with Crippen LogP contribution in [0.3, 0.4) is 0 Å². The van der Waals surface area contributed by atoms with Gasteiger partial charge in [-0.3, -0.25) is 4.79 Å². The molecule has 2 N–H and O–H groups in total. The van der Waals surface area contributed by atoms with E-state index in [1.807, 2.05) is 48.5 Å². The molecule has 0 aliphatic carbocycles. The zero-order valence-electron chi connectivity index (χ0n) is 11.2. The summed E-state index contributed by atoms with van der Waals surface area (Å²) in [6.45, 7) is 0. The van der Waals surface area contributed by atoms with Crippen molar-refractivity contribution in [1.29, 1.82) is 0 Å². The summed E-state index contributed by atoms with van der Waals surface area (Å²) in [4.78, 5) is 11.8. The summed E-state index contributed by atoms with van der Waals surface area (Å²) in [5, 5.41) is 2.19. The van der Waals surface area contributed by atoms with Crippen molar-refractivity contribution in [3.05, 3.63) is 66.2 Å². The summed E-state index contributed by atoms with van der Waals surface area (Å²) in [6.07, 6.45) is 0.833. The Morgan fingerprint density at radius 1 is 0.905 bits per heavy atom. The Morgan fingerprint density at radius 3 is 2.24 bits per heavy atom. The number of carbonyl (C=O) groups excluding carboxylic acids is 1. The number of benzene rings is 3. The smallest absolute Gasteiger partial charge is 0.150 e. The lowest BCUT2D eigenvalue weighted by Gasteiger charge is -2.03. The van der Waals surface area contributed by atoms with Crippen LogP contribution in [0.4, 0.5) is 5.69 Å². The van der Waals surface area contributed by atoms with E-state index in [4.69, 9.17) is 5.73 Å². The first-order valence-electron chi connectivity index (χ1n) is 6.31. The molecule has 0 amide bonds. The number of nitrogens with two attached hydrogens (primary N) is 1. The van der Waals surface area contributed by atoms with Crippen LogP contribution in [0, 0.1) is 0 Å². The maximum atomic E-state index is 10.0. The molecule has 0 aliphatic rings. The van der Waals surface area contributed by atoms with Crippen LogP contribution in [-0.4, -0.2) is 6.29 Å². The maximum absolute atomic E-state index is 10.0. The van der Waals surface area contributed by atoms with E-state index in [2.05, 4.69) is 25.3 Å². The number of thiol groups is 2. The first-order chi connectivity index (χ1) is 10.1. The van der Waals surface area contributed by atoms with Crippen molar-refractivity contribution in [3.63, 3.8) is 0 Å². The Hall–Kier alpha value is -1.91. The van der Waals surface area contributed by atoms with Gasteiger partial charge in [0.2, 0.25) is 0 Å². The molecule has 3 aromatic carbocycles. The number of aldehydes is 1.